The summed E-state index contributed by atoms with van der Waals surface area (Å²) in [5, 5.41) is 0. The Balaban J connectivity index is 2.48. The molecule has 0 atom stereocenters. The Labute approximate surface area is 72.0 Å². The summed E-state index contributed by atoms with van der Waals surface area (Å²) in [6.07, 6.45) is 0. The SMILES string of the molecule is [c]1[se]ccc1-c1ccc[se]1. The maximum atomic E-state index is 3.37. The Hall–Kier alpha value is -0.00104. The van der Waals surface area contributed by atoms with E-state index < -0.39 is 0 Å². The van der Waals surface area contributed by atoms with E-state index in [9.17, 15) is 0 Å². The molecule has 0 aliphatic heterocycles. The van der Waals surface area contributed by atoms with Crippen LogP contribution in [0.4, 0.5) is 0 Å². The molecule has 0 amide bonds. The van der Waals surface area contributed by atoms with Crippen molar-refractivity contribution in [1.82, 2.24) is 0 Å². The van der Waals surface area contributed by atoms with E-state index in [-0.39, 0.29) is 0 Å². The topological polar surface area (TPSA) is 0 Å². The fraction of sp³-hybridized carbons (Fsp3) is 0. The number of rotatable bonds is 1. The fourth-order valence-corrected chi connectivity index (χ4v) is 3.82. The van der Waals surface area contributed by atoms with Crippen molar-refractivity contribution in [2.75, 3.05) is 0 Å². The Morgan fingerprint density at radius 1 is 1.20 bits per heavy atom. The molecule has 2 aromatic rings. The van der Waals surface area contributed by atoms with Gasteiger partial charge in [-0.05, 0) is 0 Å². The van der Waals surface area contributed by atoms with Gasteiger partial charge in [0, 0.05) is 0 Å². The summed E-state index contributed by atoms with van der Waals surface area (Å²) in [6, 6.07) is 6.54. The first-order chi connectivity index (χ1) is 4.97. The monoisotopic (exact) mass is 261 g/mol. The summed E-state index contributed by atoms with van der Waals surface area (Å²) in [5.41, 5.74) is 1.35. The summed E-state index contributed by atoms with van der Waals surface area (Å²) in [5.74, 6) is 0. The van der Waals surface area contributed by atoms with Crippen molar-refractivity contribution >= 4 is 29.0 Å². The van der Waals surface area contributed by atoms with Crippen molar-refractivity contribution in [1.29, 1.82) is 0 Å². The van der Waals surface area contributed by atoms with Crippen LogP contribution < -0.4 is 0 Å². The summed E-state index contributed by atoms with van der Waals surface area (Å²) >= 11 is 1.11. The van der Waals surface area contributed by atoms with Crippen LogP contribution in [0.1, 0.15) is 0 Å². The van der Waals surface area contributed by atoms with Crippen molar-refractivity contribution in [3.63, 3.8) is 0 Å². The zero-order valence-corrected chi connectivity index (χ0v) is 8.63. The molecule has 0 aliphatic rings. The molecule has 0 fully saturated rings. The second-order valence-electron chi connectivity index (χ2n) is 1.91. The van der Waals surface area contributed by atoms with Gasteiger partial charge in [0.1, 0.15) is 0 Å². The van der Waals surface area contributed by atoms with Gasteiger partial charge in [0.2, 0.25) is 0 Å². The Bertz CT molecular complexity index is 247. The van der Waals surface area contributed by atoms with Gasteiger partial charge in [-0.2, -0.15) is 0 Å². The summed E-state index contributed by atoms with van der Waals surface area (Å²) in [7, 11) is 0. The van der Waals surface area contributed by atoms with E-state index >= 15 is 0 Å². The van der Waals surface area contributed by atoms with Crippen molar-refractivity contribution in [3.8, 4) is 10.0 Å². The van der Waals surface area contributed by atoms with E-state index in [4.69, 9.17) is 0 Å². The van der Waals surface area contributed by atoms with Crippen LogP contribution >= 0.6 is 0 Å². The van der Waals surface area contributed by atoms with E-state index in [0.29, 0.717) is 29.0 Å². The minimum atomic E-state index is 0.523. The Morgan fingerprint density at radius 3 is 2.80 bits per heavy atom. The molecule has 2 rings (SSSR count). The second kappa shape index (κ2) is 2.94. The molecule has 0 saturated heterocycles. The third-order valence-corrected chi connectivity index (χ3v) is 4.43. The van der Waals surface area contributed by atoms with Gasteiger partial charge in [0.15, 0.2) is 0 Å². The van der Waals surface area contributed by atoms with Crippen LogP contribution in [0.3, 0.4) is 0 Å². The van der Waals surface area contributed by atoms with Crippen LogP contribution in [0.5, 0.6) is 0 Å². The summed E-state index contributed by atoms with van der Waals surface area (Å²) in [6.45, 7) is 0. The zero-order valence-electron chi connectivity index (χ0n) is 5.20. The average molecular weight is 259 g/mol. The normalized spacial score (nSPS) is 10.0. The van der Waals surface area contributed by atoms with E-state index in [1.807, 2.05) is 0 Å². The molecule has 0 N–H and O–H groups in total. The standard InChI is InChI=1S/C8H5Se2/c1-2-8(10-4-1)7-3-5-9-6-7/h1-5H. The Morgan fingerprint density at radius 2 is 2.20 bits per heavy atom. The van der Waals surface area contributed by atoms with Gasteiger partial charge in [0.25, 0.3) is 0 Å². The van der Waals surface area contributed by atoms with Crippen LogP contribution in [0.25, 0.3) is 10.0 Å². The minimum absolute atomic E-state index is 0.523. The number of hydrogen-bond donors (Lipinski definition) is 0. The van der Waals surface area contributed by atoms with Crippen LogP contribution in [0, 0.1) is 4.94 Å². The first-order valence-electron chi connectivity index (χ1n) is 2.96. The van der Waals surface area contributed by atoms with E-state index in [1.54, 1.807) is 0 Å². The molecule has 0 spiro atoms. The Kier molecular flexibility index (Phi) is 1.97. The van der Waals surface area contributed by atoms with Crippen molar-refractivity contribution in [3.05, 3.63) is 33.0 Å². The third-order valence-electron chi connectivity index (χ3n) is 1.26. The molecule has 10 heavy (non-hydrogen) atoms. The molecule has 0 bridgehead atoms. The van der Waals surface area contributed by atoms with E-state index in [2.05, 4.69) is 33.0 Å². The predicted octanol–water partition coefficient (Wildman–Crippen LogP) is 1.27. The van der Waals surface area contributed by atoms with Gasteiger partial charge in [-0.15, -0.1) is 0 Å². The van der Waals surface area contributed by atoms with Gasteiger partial charge in [0.05, 0.1) is 0 Å². The first-order valence-corrected chi connectivity index (χ1v) is 6.65. The van der Waals surface area contributed by atoms with Gasteiger partial charge in [-0.25, -0.2) is 0 Å². The molecular weight excluding hydrogens is 254 g/mol. The average Bonchev–Trinajstić information content (AvgIpc) is 2.59. The van der Waals surface area contributed by atoms with Gasteiger partial charge in [-0.1, -0.05) is 0 Å². The molecule has 0 aromatic carbocycles. The molecule has 2 heteroatoms. The molecule has 0 unspecified atom stereocenters. The molecule has 49 valence electrons. The zero-order chi connectivity index (χ0) is 6.81. The molecule has 2 aromatic heterocycles. The quantitative estimate of drug-likeness (QED) is 0.676. The molecular formula is C8H5Se2. The maximum absolute atomic E-state index is 3.37. The number of hydrogen-bond acceptors (Lipinski definition) is 0. The molecule has 0 saturated carbocycles. The second-order valence-corrected chi connectivity index (χ2v) is 5.40. The van der Waals surface area contributed by atoms with Crippen molar-refractivity contribution in [2.45, 2.75) is 0 Å². The van der Waals surface area contributed by atoms with Gasteiger partial charge < -0.3 is 0 Å². The molecule has 0 aliphatic carbocycles. The van der Waals surface area contributed by atoms with Crippen LogP contribution in [0.15, 0.2) is 28.1 Å². The predicted molar refractivity (Wildman–Crippen MR) is 44.6 cm³/mol. The van der Waals surface area contributed by atoms with Gasteiger partial charge >= 0.3 is 72.0 Å². The fourth-order valence-electron chi connectivity index (χ4n) is 0.798. The van der Waals surface area contributed by atoms with E-state index in [1.165, 1.54) is 10.0 Å². The van der Waals surface area contributed by atoms with Crippen LogP contribution in [-0.4, -0.2) is 29.0 Å². The molecule has 2 heterocycles. The van der Waals surface area contributed by atoms with Crippen LogP contribution in [-0.2, 0) is 0 Å². The van der Waals surface area contributed by atoms with Crippen molar-refractivity contribution in [2.24, 2.45) is 0 Å². The van der Waals surface area contributed by atoms with E-state index in [0.717, 1.165) is 0 Å². The van der Waals surface area contributed by atoms with Crippen LogP contribution in [0.2, 0.25) is 0 Å². The molecule has 0 nitrogen and oxygen atoms in total. The summed E-state index contributed by atoms with van der Waals surface area (Å²) < 4.78 is 1.49. The van der Waals surface area contributed by atoms with Crippen molar-refractivity contribution < 1.29 is 0 Å². The van der Waals surface area contributed by atoms with Gasteiger partial charge in [-0.3, -0.25) is 0 Å². The third kappa shape index (κ3) is 1.21. The first kappa shape index (κ1) is 6.69. The molecule has 1 radical (unpaired) electrons. The summed E-state index contributed by atoms with van der Waals surface area (Å²) in [4.78, 5) is 7.84.